The molecule has 0 atom stereocenters. The fourth-order valence-electron chi connectivity index (χ4n) is 2.45. The van der Waals surface area contributed by atoms with Crippen molar-refractivity contribution in [3.63, 3.8) is 0 Å². The van der Waals surface area contributed by atoms with Crippen LogP contribution < -0.4 is 5.32 Å². The lowest BCUT2D eigenvalue weighted by Crippen LogP contribution is -2.24. The Balaban J connectivity index is 2.13. The fourth-order valence-corrected chi connectivity index (χ4v) is 2.45. The van der Waals surface area contributed by atoms with E-state index in [1.807, 2.05) is 12.1 Å². The molecule has 1 aliphatic heterocycles. The van der Waals surface area contributed by atoms with Gasteiger partial charge in [-0.25, -0.2) is 8.78 Å². The molecule has 2 aromatic rings. The highest BCUT2D eigenvalue weighted by molar-refractivity contribution is 5.69. The van der Waals surface area contributed by atoms with Gasteiger partial charge in [0.2, 0.25) is 0 Å². The first kappa shape index (κ1) is 11.4. The summed E-state index contributed by atoms with van der Waals surface area (Å²) >= 11 is 0. The van der Waals surface area contributed by atoms with E-state index in [0.29, 0.717) is 0 Å². The lowest BCUT2D eigenvalue weighted by molar-refractivity contribution is 0.509. The molecular weight excluding hydrogens is 232 g/mol. The van der Waals surface area contributed by atoms with Crippen LogP contribution in [0.25, 0.3) is 11.1 Å². The first-order valence-corrected chi connectivity index (χ1v) is 6.02. The highest BCUT2D eigenvalue weighted by Crippen LogP contribution is 2.29. The van der Waals surface area contributed by atoms with Crippen molar-refractivity contribution >= 4 is 0 Å². The van der Waals surface area contributed by atoms with Crippen LogP contribution in [0.5, 0.6) is 0 Å². The van der Waals surface area contributed by atoms with Crippen LogP contribution in [0.15, 0.2) is 36.4 Å². The van der Waals surface area contributed by atoms with Gasteiger partial charge < -0.3 is 5.32 Å². The number of nitrogens with one attached hydrogen (secondary N) is 1. The lowest BCUT2D eigenvalue weighted by Gasteiger charge is -2.20. The topological polar surface area (TPSA) is 12.0 Å². The SMILES string of the molecule is Fc1ccc(-c2cccc3c2CNCC3)cc1F. The van der Waals surface area contributed by atoms with E-state index in [-0.39, 0.29) is 0 Å². The number of hydrogen-bond donors (Lipinski definition) is 1. The predicted molar refractivity (Wildman–Crippen MR) is 67.2 cm³/mol. The normalized spacial score (nSPS) is 14.3. The van der Waals surface area contributed by atoms with Crippen LogP contribution in [-0.4, -0.2) is 6.54 Å². The smallest absolute Gasteiger partial charge is 0.159 e. The van der Waals surface area contributed by atoms with Gasteiger partial charge in [0.15, 0.2) is 11.6 Å². The standard InChI is InChI=1S/C15H13F2N/c16-14-5-4-11(8-15(14)17)12-3-1-2-10-6-7-18-9-13(10)12/h1-5,8,18H,6-7,9H2. The summed E-state index contributed by atoms with van der Waals surface area (Å²) in [6, 6.07) is 10.1. The quantitative estimate of drug-likeness (QED) is 0.813. The molecule has 0 fully saturated rings. The summed E-state index contributed by atoms with van der Waals surface area (Å²) in [5.74, 6) is -1.60. The maximum absolute atomic E-state index is 13.3. The van der Waals surface area contributed by atoms with Crippen molar-refractivity contribution in [2.45, 2.75) is 13.0 Å². The van der Waals surface area contributed by atoms with Gasteiger partial charge in [-0.1, -0.05) is 24.3 Å². The van der Waals surface area contributed by atoms with E-state index in [2.05, 4.69) is 11.4 Å². The maximum Gasteiger partial charge on any atom is 0.159 e. The van der Waals surface area contributed by atoms with Crippen LogP contribution in [0.4, 0.5) is 8.78 Å². The van der Waals surface area contributed by atoms with Gasteiger partial charge in [0.25, 0.3) is 0 Å². The number of hydrogen-bond acceptors (Lipinski definition) is 1. The highest BCUT2D eigenvalue weighted by Gasteiger charge is 2.14. The number of benzene rings is 2. The summed E-state index contributed by atoms with van der Waals surface area (Å²) in [7, 11) is 0. The van der Waals surface area contributed by atoms with E-state index in [0.717, 1.165) is 30.6 Å². The van der Waals surface area contributed by atoms with Crippen LogP contribution >= 0.6 is 0 Å². The molecule has 18 heavy (non-hydrogen) atoms. The second-order valence-electron chi connectivity index (χ2n) is 4.50. The summed E-state index contributed by atoms with van der Waals surface area (Å²) in [5.41, 5.74) is 4.19. The van der Waals surface area contributed by atoms with Gasteiger partial charge in [0.05, 0.1) is 0 Å². The first-order chi connectivity index (χ1) is 8.75. The van der Waals surface area contributed by atoms with Crippen molar-refractivity contribution in [3.05, 3.63) is 59.2 Å². The molecule has 0 aromatic heterocycles. The minimum Gasteiger partial charge on any atom is -0.312 e. The second-order valence-corrected chi connectivity index (χ2v) is 4.50. The van der Waals surface area contributed by atoms with E-state index >= 15 is 0 Å². The molecule has 0 saturated heterocycles. The van der Waals surface area contributed by atoms with Gasteiger partial charge in [-0.05, 0) is 47.4 Å². The molecule has 0 saturated carbocycles. The monoisotopic (exact) mass is 245 g/mol. The second kappa shape index (κ2) is 4.50. The van der Waals surface area contributed by atoms with Crippen LogP contribution in [0.3, 0.4) is 0 Å². The third kappa shape index (κ3) is 1.91. The third-order valence-corrected chi connectivity index (χ3v) is 3.38. The van der Waals surface area contributed by atoms with Crippen LogP contribution in [0.1, 0.15) is 11.1 Å². The van der Waals surface area contributed by atoms with E-state index in [1.165, 1.54) is 23.3 Å². The molecule has 3 heteroatoms. The Kier molecular flexibility index (Phi) is 2.84. The zero-order valence-corrected chi connectivity index (χ0v) is 9.84. The minimum atomic E-state index is -0.804. The van der Waals surface area contributed by atoms with Gasteiger partial charge in [0, 0.05) is 6.54 Å². The lowest BCUT2D eigenvalue weighted by atomic mass is 9.92. The molecule has 0 amide bonds. The van der Waals surface area contributed by atoms with Crippen molar-refractivity contribution in [1.82, 2.24) is 5.32 Å². The molecule has 0 spiro atoms. The molecule has 3 rings (SSSR count). The Morgan fingerprint density at radius 3 is 2.72 bits per heavy atom. The molecule has 1 nitrogen and oxygen atoms in total. The predicted octanol–water partition coefficient (Wildman–Crippen LogP) is 3.28. The number of halogens is 2. The van der Waals surface area contributed by atoms with Crippen molar-refractivity contribution in [1.29, 1.82) is 0 Å². The van der Waals surface area contributed by atoms with Gasteiger partial charge in [-0.2, -0.15) is 0 Å². The Hall–Kier alpha value is -1.74. The fraction of sp³-hybridized carbons (Fsp3) is 0.200. The van der Waals surface area contributed by atoms with Gasteiger partial charge >= 0.3 is 0 Å². The Bertz CT molecular complexity index is 593. The summed E-state index contributed by atoms with van der Waals surface area (Å²) in [6.45, 7) is 1.75. The van der Waals surface area contributed by atoms with E-state index in [9.17, 15) is 8.78 Å². The third-order valence-electron chi connectivity index (χ3n) is 3.38. The molecule has 0 bridgehead atoms. The van der Waals surface area contributed by atoms with Crippen LogP contribution in [0.2, 0.25) is 0 Å². The van der Waals surface area contributed by atoms with E-state index < -0.39 is 11.6 Å². The van der Waals surface area contributed by atoms with Gasteiger partial charge in [-0.3, -0.25) is 0 Å². The Morgan fingerprint density at radius 1 is 1.00 bits per heavy atom. The average Bonchev–Trinajstić information content (AvgIpc) is 2.41. The molecule has 92 valence electrons. The summed E-state index contributed by atoms with van der Waals surface area (Å²) in [6.07, 6.45) is 0.979. The molecule has 1 aliphatic rings. The minimum absolute atomic E-state index is 0.731. The Morgan fingerprint density at radius 2 is 1.89 bits per heavy atom. The van der Waals surface area contributed by atoms with E-state index in [4.69, 9.17) is 0 Å². The molecule has 2 aromatic carbocycles. The van der Waals surface area contributed by atoms with Crippen molar-refractivity contribution < 1.29 is 8.78 Å². The van der Waals surface area contributed by atoms with Crippen molar-refractivity contribution in [3.8, 4) is 11.1 Å². The molecule has 1 heterocycles. The average molecular weight is 245 g/mol. The van der Waals surface area contributed by atoms with Crippen molar-refractivity contribution in [2.24, 2.45) is 0 Å². The number of fused-ring (bicyclic) bond motifs is 1. The summed E-state index contributed by atoms with van der Waals surface area (Å²) in [4.78, 5) is 0. The number of rotatable bonds is 1. The molecule has 0 radical (unpaired) electrons. The first-order valence-electron chi connectivity index (χ1n) is 6.02. The van der Waals surface area contributed by atoms with E-state index in [1.54, 1.807) is 6.07 Å². The van der Waals surface area contributed by atoms with Crippen LogP contribution in [-0.2, 0) is 13.0 Å². The highest BCUT2D eigenvalue weighted by atomic mass is 19.2. The molecule has 0 unspecified atom stereocenters. The molecule has 0 aliphatic carbocycles. The van der Waals surface area contributed by atoms with Crippen LogP contribution in [0, 0.1) is 11.6 Å². The largest absolute Gasteiger partial charge is 0.312 e. The van der Waals surface area contributed by atoms with Crippen molar-refractivity contribution in [2.75, 3.05) is 6.54 Å². The Labute approximate surface area is 104 Å². The molecular formula is C15H13F2N. The summed E-state index contributed by atoms with van der Waals surface area (Å²) < 4.78 is 26.3. The zero-order chi connectivity index (χ0) is 12.5. The summed E-state index contributed by atoms with van der Waals surface area (Å²) in [5, 5.41) is 3.31. The van der Waals surface area contributed by atoms with Gasteiger partial charge in [-0.15, -0.1) is 0 Å². The zero-order valence-electron chi connectivity index (χ0n) is 9.84. The van der Waals surface area contributed by atoms with Gasteiger partial charge in [0.1, 0.15) is 0 Å². The molecule has 1 N–H and O–H groups in total. The maximum atomic E-state index is 13.3.